The summed E-state index contributed by atoms with van der Waals surface area (Å²) < 4.78 is 11.3. The topological polar surface area (TPSA) is 83.2 Å². The van der Waals surface area contributed by atoms with Gasteiger partial charge in [0, 0.05) is 25.0 Å². The Kier molecular flexibility index (Phi) is 5.10. The first-order chi connectivity index (χ1) is 12.5. The van der Waals surface area contributed by atoms with Crippen LogP contribution in [0.15, 0.2) is 15.6 Å². The SMILES string of the molecule is CC(C)(C)OC(=O)N1CCN2C(NCc3ncc(C(C)(C)C)o3)=NCC2C1. The van der Waals surface area contributed by atoms with Crippen LogP contribution in [0.25, 0.3) is 0 Å². The number of nitrogens with zero attached hydrogens (tertiary/aromatic N) is 4. The number of hydrogen-bond donors (Lipinski definition) is 1. The monoisotopic (exact) mass is 377 g/mol. The van der Waals surface area contributed by atoms with Crippen molar-refractivity contribution in [3.63, 3.8) is 0 Å². The molecule has 0 aromatic carbocycles. The van der Waals surface area contributed by atoms with Crippen LogP contribution >= 0.6 is 0 Å². The van der Waals surface area contributed by atoms with Gasteiger partial charge in [-0.1, -0.05) is 20.8 Å². The van der Waals surface area contributed by atoms with Crippen LogP contribution in [-0.4, -0.2) is 64.7 Å². The number of piperazine rings is 1. The zero-order chi connectivity index (χ0) is 19.8. The first-order valence-electron chi connectivity index (χ1n) is 9.51. The van der Waals surface area contributed by atoms with Crippen molar-refractivity contribution in [3.05, 3.63) is 17.8 Å². The molecule has 0 radical (unpaired) electrons. The molecule has 1 fully saturated rings. The van der Waals surface area contributed by atoms with E-state index in [1.54, 1.807) is 11.1 Å². The molecule has 8 heteroatoms. The molecule has 150 valence electrons. The fourth-order valence-corrected chi connectivity index (χ4v) is 3.12. The van der Waals surface area contributed by atoms with Crippen molar-refractivity contribution in [1.29, 1.82) is 0 Å². The van der Waals surface area contributed by atoms with Crippen molar-refractivity contribution in [1.82, 2.24) is 20.1 Å². The molecule has 1 aromatic rings. The lowest BCUT2D eigenvalue weighted by Crippen LogP contribution is -2.57. The average Bonchev–Trinajstić information content (AvgIpc) is 3.17. The number of guanidine groups is 1. The molecule has 1 aromatic heterocycles. The maximum absolute atomic E-state index is 12.3. The molecule has 3 heterocycles. The van der Waals surface area contributed by atoms with Gasteiger partial charge in [-0.25, -0.2) is 9.78 Å². The van der Waals surface area contributed by atoms with Crippen molar-refractivity contribution in [2.24, 2.45) is 4.99 Å². The number of rotatable bonds is 2. The van der Waals surface area contributed by atoms with Gasteiger partial charge in [-0.05, 0) is 20.8 Å². The van der Waals surface area contributed by atoms with Gasteiger partial charge in [-0.2, -0.15) is 0 Å². The summed E-state index contributed by atoms with van der Waals surface area (Å²) in [6.45, 7) is 15.1. The quantitative estimate of drug-likeness (QED) is 0.852. The first kappa shape index (κ1) is 19.5. The molecule has 1 unspecified atom stereocenters. The van der Waals surface area contributed by atoms with E-state index in [1.807, 2.05) is 20.8 Å². The van der Waals surface area contributed by atoms with Gasteiger partial charge >= 0.3 is 6.09 Å². The van der Waals surface area contributed by atoms with E-state index in [2.05, 4.69) is 41.0 Å². The van der Waals surface area contributed by atoms with Crippen LogP contribution in [-0.2, 0) is 16.7 Å². The second kappa shape index (κ2) is 7.05. The maximum atomic E-state index is 12.3. The molecule has 8 nitrogen and oxygen atoms in total. The lowest BCUT2D eigenvalue weighted by molar-refractivity contribution is 0.0137. The number of hydrogen-bond acceptors (Lipinski definition) is 7. The summed E-state index contributed by atoms with van der Waals surface area (Å²) >= 11 is 0. The number of aromatic nitrogens is 1. The first-order valence-corrected chi connectivity index (χ1v) is 9.51. The second-order valence-electron chi connectivity index (χ2n) is 9.16. The van der Waals surface area contributed by atoms with E-state index in [0.717, 1.165) is 18.3 Å². The summed E-state index contributed by atoms with van der Waals surface area (Å²) in [5.74, 6) is 2.37. The van der Waals surface area contributed by atoms with E-state index in [0.29, 0.717) is 32.1 Å². The van der Waals surface area contributed by atoms with Crippen molar-refractivity contribution in [2.45, 2.75) is 65.1 Å². The van der Waals surface area contributed by atoms with Gasteiger partial charge in [0.2, 0.25) is 5.89 Å². The molecule has 0 saturated carbocycles. The molecular formula is C19H31N5O3. The Balaban J connectivity index is 1.52. The maximum Gasteiger partial charge on any atom is 0.410 e. The molecule has 1 atom stereocenters. The van der Waals surface area contributed by atoms with E-state index in [-0.39, 0.29) is 17.6 Å². The lowest BCUT2D eigenvalue weighted by atomic mass is 9.94. The lowest BCUT2D eigenvalue weighted by Gasteiger charge is -2.39. The number of fused-ring (bicyclic) bond motifs is 1. The zero-order valence-corrected chi connectivity index (χ0v) is 17.2. The third-order valence-corrected chi connectivity index (χ3v) is 4.55. The van der Waals surface area contributed by atoms with Crippen molar-refractivity contribution >= 4 is 12.1 Å². The predicted octanol–water partition coefficient (Wildman–Crippen LogP) is 2.35. The van der Waals surface area contributed by atoms with Gasteiger partial charge in [-0.15, -0.1) is 0 Å². The van der Waals surface area contributed by atoms with Gasteiger partial charge in [-0.3, -0.25) is 4.99 Å². The van der Waals surface area contributed by atoms with Gasteiger partial charge < -0.3 is 24.3 Å². The van der Waals surface area contributed by atoms with Crippen molar-refractivity contribution in [3.8, 4) is 0 Å². The van der Waals surface area contributed by atoms with Crippen LogP contribution in [0.5, 0.6) is 0 Å². The van der Waals surface area contributed by atoms with Gasteiger partial charge in [0.25, 0.3) is 0 Å². The fraction of sp³-hybridized carbons (Fsp3) is 0.737. The van der Waals surface area contributed by atoms with E-state index in [4.69, 9.17) is 9.15 Å². The summed E-state index contributed by atoms with van der Waals surface area (Å²) in [5.41, 5.74) is -0.533. The highest BCUT2D eigenvalue weighted by Gasteiger charge is 2.36. The summed E-state index contributed by atoms with van der Waals surface area (Å²) in [4.78, 5) is 25.2. The molecule has 2 aliphatic heterocycles. The van der Waals surface area contributed by atoms with Crippen molar-refractivity contribution in [2.75, 3.05) is 26.2 Å². The van der Waals surface area contributed by atoms with Gasteiger partial charge in [0.05, 0.1) is 25.3 Å². The molecule has 3 rings (SSSR count). The minimum Gasteiger partial charge on any atom is -0.444 e. The molecule has 1 amide bonds. The fourth-order valence-electron chi connectivity index (χ4n) is 3.12. The molecule has 0 spiro atoms. The number of nitrogens with one attached hydrogen (secondary N) is 1. The Hall–Kier alpha value is -2.25. The van der Waals surface area contributed by atoms with Crippen LogP contribution in [0.4, 0.5) is 4.79 Å². The summed E-state index contributed by atoms with van der Waals surface area (Å²) in [7, 11) is 0. The highest BCUT2D eigenvalue weighted by atomic mass is 16.6. The van der Waals surface area contributed by atoms with Crippen LogP contribution < -0.4 is 5.32 Å². The number of carbonyl (C=O) groups excluding carboxylic acids is 1. The van der Waals surface area contributed by atoms with Crippen LogP contribution in [0, 0.1) is 0 Å². The Labute approximate surface area is 161 Å². The third-order valence-electron chi connectivity index (χ3n) is 4.55. The Bertz CT molecular complexity index is 714. The Morgan fingerprint density at radius 1 is 1.30 bits per heavy atom. The standard InChI is InChI=1S/C19H31N5O3/c1-18(2,3)14-10-20-15(26-14)11-22-16-21-9-13-12-23(7-8-24(13)16)17(25)27-19(4,5)6/h10,13H,7-9,11-12H2,1-6H3,(H,21,22). The highest BCUT2D eigenvalue weighted by molar-refractivity contribution is 5.82. The number of amides is 1. The highest BCUT2D eigenvalue weighted by Crippen LogP contribution is 2.23. The summed E-state index contributed by atoms with van der Waals surface area (Å²) in [6.07, 6.45) is 1.54. The van der Waals surface area contributed by atoms with E-state index < -0.39 is 5.60 Å². The van der Waals surface area contributed by atoms with Crippen LogP contribution in [0.3, 0.4) is 0 Å². The zero-order valence-electron chi connectivity index (χ0n) is 17.2. The summed E-state index contributed by atoms with van der Waals surface area (Å²) in [6, 6.07) is 0.184. The van der Waals surface area contributed by atoms with E-state index >= 15 is 0 Å². The number of oxazole rings is 1. The average molecular weight is 377 g/mol. The predicted molar refractivity (Wildman–Crippen MR) is 103 cm³/mol. The molecule has 0 aliphatic carbocycles. The largest absolute Gasteiger partial charge is 0.444 e. The molecule has 27 heavy (non-hydrogen) atoms. The van der Waals surface area contributed by atoms with Crippen LogP contribution in [0.1, 0.15) is 53.2 Å². The number of aliphatic imine (C=N–C) groups is 1. The minimum absolute atomic E-state index is 0.0563. The number of carbonyl (C=O) groups is 1. The van der Waals surface area contributed by atoms with E-state index in [9.17, 15) is 4.79 Å². The normalized spacial score (nSPS) is 20.4. The third kappa shape index (κ3) is 4.73. The van der Waals surface area contributed by atoms with Gasteiger partial charge in [0.15, 0.2) is 5.96 Å². The van der Waals surface area contributed by atoms with Crippen molar-refractivity contribution < 1.29 is 13.9 Å². The van der Waals surface area contributed by atoms with Gasteiger partial charge in [0.1, 0.15) is 11.4 Å². The number of ether oxygens (including phenoxy) is 1. The smallest absolute Gasteiger partial charge is 0.410 e. The minimum atomic E-state index is -0.477. The summed E-state index contributed by atoms with van der Waals surface area (Å²) in [5, 5.41) is 3.33. The Morgan fingerprint density at radius 2 is 2.04 bits per heavy atom. The molecule has 1 N–H and O–H groups in total. The van der Waals surface area contributed by atoms with Crippen LogP contribution in [0.2, 0.25) is 0 Å². The second-order valence-corrected chi connectivity index (χ2v) is 9.16. The molecule has 1 saturated heterocycles. The molecule has 2 aliphatic rings. The Morgan fingerprint density at radius 3 is 2.67 bits per heavy atom. The van der Waals surface area contributed by atoms with E-state index in [1.165, 1.54) is 0 Å². The molecule has 0 bridgehead atoms. The molecular weight excluding hydrogens is 346 g/mol.